The lowest BCUT2D eigenvalue weighted by atomic mass is 10.1. The van der Waals surface area contributed by atoms with Crippen LogP contribution >= 0.6 is 0 Å². The lowest BCUT2D eigenvalue weighted by molar-refractivity contribution is 0.0949. The van der Waals surface area contributed by atoms with Gasteiger partial charge in [-0.05, 0) is 67.1 Å². The normalized spacial score (nSPS) is 10.9. The van der Waals surface area contributed by atoms with Crippen LogP contribution in [0.5, 0.6) is 0 Å². The summed E-state index contributed by atoms with van der Waals surface area (Å²) in [7, 11) is 0. The van der Waals surface area contributed by atoms with Crippen LogP contribution in [0, 0.1) is 6.92 Å². The number of furan rings is 1. The molecule has 0 radical (unpaired) electrons. The number of imidazole rings is 1. The monoisotopic (exact) mass is 450 g/mol. The molecule has 5 aromatic rings. The van der Waals surface area contributed by atoms with E-state index < -0.39 is 0 Å². The highest BCUT2D eigenvalue weighted by atomic mass is 16.3. The van der Waals surface area contributed by atoms with Crippen molar-refractivity contribution in [3.05, 3.63) is 114 Å². The largest absolute Gasteiger partial charge is 0.459 e. The van der Waals surface area contributed by atoms with Gasteiger partial charge in [0.1, 0.15) is 5.82 Å². The second-order valence-corrected chi connectivity index (χ2v) is 7.85. The average Bonchev–Trinajstić information content (AvgIpc) is 3.50. The van der Waals surface area contributed by atoms with Crippen LogP contribution in [0.4, 0.5) is 5.69 Å². The maximum absolute atomic E-state index is 12.8. The minimum atomic E-state index is -0.329. The van der Waals surface area contributed by atoms with Crippen molar-refractivity contribution < 1.29 is 14.0 Å². The molecule has 2 heterocycles. The van der Waals surface area contributed by atoms with Crippen LogP contribution in [-0.4, -0.2) is 21.4 Å². The lowest BCUT2D eigenvalue weighted by Gasteiger charge is -2.09. The molecule has 7 nitrogen and oxygen atoms in total. The molecule has 0 saturated heterocycles. The highest BCUT2D eigenvalue weighted by Gasteiger charge is 2.13. The lowest BCUT2D eigenvalue weighted by Crippen LogP contribution is -2.22. The number of amides is 2. The molecule has 0 atom stereocenters. The fraction of sp³-hybridized carbons (Fsp3) is 0.0741. The van der Waals surface area contributed by atoms with Crippen LogP contribution in [0.3, 0.4) is 0 Å². The molecule has 3 aromatic carbocycles. The number of aromatic nitrogens is 2. The molecule has 5 rings (SSSR count). The van der Waals surface area contributed by atoms with E-state index in [-0.39, 0.29) is 17.6 Å². The summed E-state index contributed by atoms with van der Waals surface area (Å²) in [6.07, 6.45) is 1.45. The Morgan fingerprint density at radius 2 is 1.76 bits per heavy atom. The number of aryl methyl sites for hydroxylation is 1. The maximum atomic E-state index is 12.8. The predicted molar refractivity (Wildman–Crippen MR) is 130 cm³/mol. The van der Waals surface area contributed by atoms with Crippen molar-refractivity contribution in [2.75, 3.05) is 5.32 Å². The van der Waals surface area contributed by atoms with Crippen LogP contribution in [0.1, 0.15) is 32.3 Å². The molecular formula is C27H22N4O3. The molecule has 0 spiro atoms. The third-order valence-electron chi connectivity index (χ3n) is 5.48. The molecule has 168 valence electrons. The summed E-state index contributed by atoms with van der Waals surface area (Å²) in [6, 6.07) is 26.1. The minimum Gasteiger partial charge on any atom is -0.459 e. The number of hydrogen-bond donors (Lipinski definition) is 2. The van der Waals surface area contributed by atoms with E-state index in [2.05, 4.69) is 20.2 Å². The Hall–Kier alpha value is -4.65. The molecule has 2 amide bonds. The van der Waals surface area contributed by atoms with Crippen LogP contribution < -0.4 is 10.6 Å². The SMILES string of the molecule is Cc1nc2cc(C(=O)NCc3cccc(NC(=O)c4ccco4)c3)ccc2n1-c1ccccc1. The summed E-state index contributed by atoms with van der Waals surface area (Å²) in [6.45, 7) is 2.27. The van der Waals surface area contributed by atoms with E-state index in [1.807, 2.05) is 61.5 Å². The van der Waals surface area contributed by atoms with E-state index in [0.29, 0.717) is 17.8 Å². The maximum Gasteiger partial charge on any atom is 0.291 e. The van der Waals surface area contributed by atoms with Gasteiger partial charge in [-0.3, -0.25) is 14.2 Å². The standard InChI is InChI=1S/C27H22N4O3/c1-18-29-23-16-20(12-13-24(23)31(18)22-9-3-2-4-10-22)26(32)28-17-19-7-5-8-21(15-19)30-27(33)25-11-6-14-34-25/h2-16H,17H2,1H3,(H,28,32)(H,30,33). The molecule has 2 aromatic heterocycles. The third-order valence-corrected chi connectivity index (χ3v) is 5.48. The Balaban J connectivity index is 1.28. The Kier molecular flexibility index (Phi) is 5.66. The highest BCUT2D eigenvalue weighted by Crippen LogP contribution is 2.22. The Labute approximate surface area is 196 Å². The molecule has 0 aliphatic rings. The topological polar surface area (TPSA) is 89.2 Å². The van der Waals surface area contributed by atoms with Gasteiger partial charge in [-0.25, -0.2) is 4.98 Å². The molecule has 2 N–H and O–H groups in total. The number of fused-ring (bicyclic) bond motifs is 1. The number of nitrogens with zero attached hydrogens (tertiary/aromatic N) is 2. The molecule has 0 aliphatic carbocycles. The summed E-state index contributed by atoms with van der Waals surface area (Å²) in [4.78, 5) is 29.6. The first-order valence-electron chi connectivity index (χ1n) is 10.8. The van der Waals surface area contributed by atoms with E-state index in [1.54, 1.807) is 30.3 Å². The molecule has 0 unspecified atom stereocenters. The van der Waals surface area contributed by atoms with Crippen molar-refractivity contribution in [3.63, 3.8) is 0 Å². The Morgan fingerprint density at radius 1 is 0.912 bits per heavy atom. The summed E-state index contributed by atoms with van der Waals surface area (Å²) in [5.41, 5.74) is 4.75. The summed E-state index contributed by atoms with van der Waals surface area (Å²) in [5, 5.41) is 5.73. The van der Waals surface area contributed by atoms with Gasteiger partial charge < -0.3 is 15.1 Å². The summed E-state index contributed by atoms with van der Waals surface area (Å²) < 4.78 is 7.18. The van der Waals surface area contributed by atoms with E-state index in [1.165, 1.54) is 6.26 Å². The molecule has 0 bridgehead atoms. The smallest absolute Gasteiger partial charge is 0.291 e. The molecule has 0 aliphatic heterocycles. The molecule has 0 fully saturated rings. The number of nitrogens with one attached hydrogen (secondary N) is 2. The zero-order valence-electron chi connectivity index (χ0n) is 18.5. The van der Waals surface area contributed by atoms with E-state index in [9.17, 15) is 9.59 Å². The van der Waals surface area contributed by atoms with Gasteiger partial charge in [-0.15, -0.1) is 0 Å². The second-order valence-electron chi connectivity index (χ2n) is 7.85. The van der Waals surface area contributed by atoms with Crippen LogP contribution in [-0.2, 0) is 6.54 Å². The van der Waals surface area contributed by atoms with Crippen molar-refractivity contribution in [1.82, 2.24) is 14.9 Å². The number of carbonyl (C=O) groups excluding carboxylic acids is 2. The fourth-order valence-corrected chi connectivity index (χ4v) is 3.89. The van der Waals surface area contributed by atoms with E-state index in [4.69, 9.17) is 4.42 Å². The first kappa shape index (κ1) is 21.2. The van der Waals surface area contributed by atoms with Gasteiger partial charge in [-0.1, -0.05) is 30.3 Å². The van der Waals surface area contributed by atoms with Gasteiger partial charge in [0.2, 0.25) is 0 Å². The Morgan fingerprint density at radius 3 is 2.56 bits per heavy atom. The van der Waals surface area contributed by atoms with Crippen molar-refractivity contribution in [3.8, 4) is 5.69 Å². The van der Waals surface area contributed by atoms with Gasteiger partial charge in [0.25, 0.3) is 11.8 Å². The van der Waals surface area contributed by atoms with Crippen LogP contribution in [0.25, 0.3) is 16.7 Å². The molecule has 7 heteroatoms. The first-order valence-corrected chi connectivity index (χ1v) is 10.8. The number of anilines is 1. The second kappa shape index (κ2) is 9.07. The van der Waals surface area contributed by atoms with Crippen LogP contribution in [0.2, 0.25) is 0 Å². The molecular weight excluding hydrogens is 428 g/mol. The Bertz CT molecular complexity index is 1470. The first-order chi connectivity index (χ1) is 16.6. The summed E-state index contributed by atoms with van der Waals surface area (Å²) in [5.74, 6) is 0.565. The number of carbonyl (C=O) groups is 2. The van der Waals surface area contributed by atoms with Gasteiger partial charge >= 0.3 is 0 Å². The van der Waals surface area contributed by atoms with E-state index in [0.717, 1.165) is 28.1 Å². The van der Waals surface area contributed by atoms with Gasteiger partial charge in [0.05, 0.1) is 17.3 Å². The van der Waals surface area contributed by atoms with Gasteiger partial charge in [-0.2, -0.15) is 0 Å². The average molecular weight is 450 g/mol. The number of rotatable bonds is 6. The number of benzene rings is 3. The third kappa shape index (κ3) is 4.31. The van der Waals surface area contributed by atoms with E-state index >= 15 is 0 Å². The predicted octanol–water partition coefficient (Wildman–Crippen LogP) is 5.11. The van der Waals surface area contributed by atoms with Crippen molar-refractivity contribution in [2.45, 2.75) is 13.5 Å². The number of hydrogen-bond acceptors (Lipinski definition) is 4. The minimum absolute atomic E-state index is 0.196. The zero-order chi connectivity index (χ0) is 23.5. The van der Waals surface area contributed by atoms with Crippen LogP contribution in [0.15, 0.2) is 95.6 Å². The highest BCUT2D eigenvalue weighted by molar-refractivity contribution is 6.02. The van der Waals surface area contributed by atoms with Crippen molar-refractivity contribution >= 4 is 28.5 Å². The fourth-order valence-electron chi connectivity index (χ4n) is 3.89. The zero-order valence-corrected chi connectivity index (χ0v) is 18.5. The summed E-state index contributed by atoms with van der Waals surface area (Å²) >= 11 is 0. The van der Waals surface area contributed by atoms with Crippen molar-refractivity contribution in [2.24, 2.45) is 0 Å². The van der Waals surface area contributed by atoms with Crippen molar-refractivity contribution in [1.29, 1.82) is 0 Å². The van der Waals surface area contributed by atoms with Gasteiger partial charge in [0.15, 0.2) is 5.76 Å². The van der Waals surface area contributed by atoms with Gasteiger partial charge in [0, 0.05) is 23.5 Å². The quantitative estimate of drug-likeness (QED) is 0.376. The molecule has 34 heavy (non-hydrogen) atoms. The molecule has 0 saturated carbocycles. The number of para-hydroxylation sites is 1.